The van der Waals surface area contributed by atoms with Crippen molar-refractivity contribution in [3.05, 3.63) is 35.4 Å². The molecule has 0 atom stereocenters. The lowest BCUT2D eigenvalue weighted by atomic mass is 10.0. The fourth-order valence-corrected chi connectivity index (χ4v) is 1.95. The summed E-state index contributed by atoms with van der Waals surface area (Å²) in [6.45, 7) is 5.64. The van der Waals surface area contributed by atoms with Crippen molar-refractivity contribution in [1.82, 2.24) is 10.2 Å². The summed E-state index contributed by atoms with van der Waals surface area (Å²) < 4.78 is 4.99. The van der Waals surface area contributed by atoms with E-state index < -0.39 is 0 Å². The Bertz CT molecular complexity index is 520. The number of aromatic nitrogens is 2. The van der Waals surface area contributed by atoms with E-state index in [1.807, 2.05) is 6.07 Å². The molecule has 4 heteroatoms. The van der Waals surface area contributed by atoms with Crippen LogP contribution in [0.15, 0.2) is 24.3 Å². The first-order chi connectivity index (χ1) is 8.70. The minimum Gasteiger partial charge on any atom is -0.383 e. The maximum Gasteiger partial charge on any atom is 0.148 e. The Morgan fingerprint density at radius 3 is 2.83 bits per heavy atom. The van der Waals surface area contributed by atoms with E-state index in [9.17, 15) is 0 Å². The van der Waals surface area contributed by atoms with E-state index in [4.69, 9.17) is 4.74 Å². The fraction of sp³-hybridized carbons (Fsp3) is 0.357. The topological polar surface area (TPSA) is 49.9 Å². The highest BCUT2D eigenvalue weighted by Gasteiger charge is 2.06. The summed E-state index contributed by atoms with van der Waals surface area (Å²) in [5, 5.41) is 10.5. The second-order valence-electron chi connectivity index (χ2n) is 4.40. The van der Waals surface area contributed by atoms with Crippen molar-refractivity contribution >= 4 is 5.82 Å². The molecule has 1 heterocycles. The van der Waals surface area contributed by atoms with E-state index in [0.717, 1.165) is 18.1 Å². The monoisotopic (exact) mass is 245 g/mol. The summed E-state index contributed by atoms with van der Waals surface area (Å²) in [5.41, 5.74) is 4.75. The van der Waals surface area contributed by atoms with Crippen molar-refractivity contribution in [3.8, 4) is 11.3 Å². The Morgan fingerprint density at radius 1 is 1.28 bits per heavy atom. The minimum absolute atomic E-state index is 0.672. The molecule has 0 saturated heterocycles. The van der Waals surface area contributed by atoms with Crippen LogP contribution < -0.4 is 5.32 Å². The van der Waals surface area contributed by atoms with Gasteiger partial charge in [0.05, 0.1) is 12.3 Å². The van der Waals surface area contributed by atoms with Crippen molar-refractivity contribution in [3.63, 3.8) is 0 Å². The Hall–Kier alpha value is -1.81. The number of nitrogens with zero attached hydrogens (tertiary/aromatic N) is 1. The largest absolute Gasteiger partial charge is 0.383 e. The number of hydrogen-bond donors (Lipinski definition) is 2. The molecule has 0 amide bonds. The van der Waals surface area contributed by atoms with Crippen LogP contribution in [0.5, 0.6) is 0 Å². The summed E-state index contributed by atoms with van der Waals surface area (Å²) >= 11 is 0. The second kappa shape index (κ2) is 5.69. The third-order valence-electron chi connectivity index (χ3n) is 2.86. The summed E-state index contributed by atoms with van der Waals surface area (Å²) in [6, 6.07) is 8.43. The van der Waals surface area contributed by atoms with E-state index >= 15 is 0 Å². The van der Waals surface area contributed by atoms with E-state index in [0.29, 0.717) is 6.61 Å². The van der Waals surface area contributed by atoms with Crippen LogP contribution in [0.2, 0.25) is 0 Å². The SMILES string of the molecule is COCCNc1cc(-c2ccc(C)cc2C)[nH]n1. The predicted octanol–water partition coefficient (Wildman–Crippen LogP) is 2.75. The zero-order valence-corrected chi connectivity index (χ0v) is 11.1. The number of aromatic amines is 1. The number of hydrogen-bond acceptors (Lipinski definition) is 3. The molecule has 0 aliphatic rings. The molecule has 1 aromatic carbocycles. The first kappa shape index (κ1) is 12.6. The molecule has 2 N–H and O–H groups in total. The standard InChI is InChI=1S/C14H19N3O/c1-10-4-5-12(11(2)8-10)13-9-14(17-16-13)15-6-7-18-3/h4-5,8-9H,6-7H2,1-3H3,(H2,15,16,17). The van der Waals surface area contributed by atoms with Crippen LogP contribution in [-0.2, 0) is 4.74 Å². The van der Waals surface area contributed by atoms with E-state index in [-0.39, 0.29) is 0 Å². The van der Waals surface area contributed by atoms with Crippen LogP contribution in [0, 0.1) is 13.8 Å². The number of rotatable bonds is 5. The van der Waals surface area contributed by atoms with Gasteiger partial charge in [0.2, 0.25) is 0 Å². The Balaban J connectivity index is 2.13. The first-order valence-corrected chi connectivity index (χ1v) is 6.06. The summed E-state index contributed by atoms with van der Waals surface area (Å²) in [5.74, 6) is 0.849. The lowest BCUT2D eigenvalue weighted by molar-refractivity contribution is 0.210. The van der Waals surface area contributed by atoms with Gasteiger partial charge in [-0.05, 0) is 19.4 Å². The Kier molecular flexibility index (Phi) is 3.99. The quantitative estimate of drug-likeness (QED) is 0.796. The number of anilines is 1. The average molecular weight is 245 g/mol. The minimum atomic E-state index is 0.672. The van der Waals surface area contributed by atoms with E-state index in [1.165, 1.54) is 16.7 Å². The van der Waals surface area contributed by atoms with E-state index in [1.54, 1.807) is 7.11 Å². The lowest BCUT2D eigenvalue weighted by Crippen LogP contribution is -2.07. The molecule has 0 aliphatic heterocycles. The molecule has 0 unspecified atom stereocenters. The molecule has 0 bridgehead atoms. The maximum atomic E-state index is 4.99. The zero-order valence-electron chi connectivity index (χ0n) is 11.1. The van der Waals surface area contributed by atoms with Crippen molar-refractivity contribution in [2.75, 3.05) is 25.6 Å². The molecule has 0 radical (unpaired) electrons. The molecule has 2 rings (SSSR count). The zero-order chi connectivity index (χ0) is 13.0. The lowest BCUT2D eigenvalue weighted by Gasteiger charge is -2.03. The molecule has 96 valence electrons. The summed E-state index contributed by atoms with van der Waals surface area (Å²) in [7, 11) is 1.69. The van der Waals surface area contributed by atoms with Gasteiger partial charge in [-0.15, -0.1) is 0 Å². The molecule has 0 aliphatic carbocycles. The maximum absolute atomic E-state index is 4.99. The number of ether oxygens (including phenoxy) is 1. The van der Waals surface area contributed by atoms with Crippen molar-refractivity contribution < 1.29 is 4.74 Å². The molecule has 0 saturated carbocycles. The highest BCUT2D eigenvalue weighted by Crippen LogP contribution is 2.24. The number of methoxy groups -OCH3 is 1. The third kappa shape index (κ3) is 2.90. The molecular weight excluding hydrogens is 226 g/mol. The van der Waals surface area contributed by atoms with Gasteiger partial charge in [0.15, 0.2) is 0 Å². The van der Waals surface area contributed by atoms with Gasteiger partial charge in [-0.2, -0.15) is 5.10 Å². The van der Waals surface area contributed by atoms with Gasteiger partial charge in [-0.25, -0.2) is 0 Å². The van der Waals surface area contributed by atoms with Gasteiger partial charge in [-0.1, -0.05) is 23.8 Å². The van der Waals surface area contributed by atoms with Crippen molar-refractivity contribution in [2.24, 2.45) is 0 Å². The second-order valence-corrected chi connectivity index (χ2v) is 4.40. The highest BCUT2D eigenvalue weighted by atomic mass is 16.5. The van der Waals surface area contributed by atoms with Gasteiger partial charge in [0, 0.05) is 25.3 Å². The number of benzene rings is 1. The average Bonchev–Trinajstić information content (AvgIpc) is 2.78. The van der Waals surface area contributed by atoms with Gasteiger partial charge in [0.25, 0.3) is 0 Å². The number of H-pyrrole nitrogens is 1. The van der Waals surface area contributed by atoms with Crippen LogP contribution in [0.25, 0.3) is 11.3 Å². The highest BCUT2D eigenvalue weighted by molar-refractivity contribution is 5.66. The van der Waals surface area contributed by atoms with Crippen LogP contribution in [-0.4, -0.2) is 30.5 Å². The molecule has 0 fully saturated rings. The molecule has 1 aromatic heterocycles. The summed E-state index contributed by atoms with van der Waals surface area (Å²) in [4.78, 5) is 0. The van der Waals surface area contributed by atoms with Gasteiger partial charge in [-0.3, -0.25) is 5.10 Å². The van der Waals surface area contributed by atoms with Crippen LogP contribution in [0.3, 0.4) is 0 Å². The molecule has 2 aromatic rings. The smallest absolute Gasteiger partial charge is 0.148 e. The summed E-state index contributed by atoms with van der Waals surface area (Å²) in [6.07, 6.45) is 0. The molecule has 18 heavy (non-hydrogen) atoms. The number of nitrogens with one attached hydrogen (secondary N) is 2. The Labute approximate surface area is 107 Å². The van der Waals surface area contributed by atoms with Gasteiger partial charge < -0.3 is 10.1 Å². The predicted molar refractivity (Wildman–Crippen MR) is 73.9 cm³/mol. The molecule has 0 spiro atoms. The Morgan fingerprint density at radius 2 is 2.11 bits per heavy atom. The fourth-order valence-electron chi connectivity index (χ4n) is 1.95. The van der Waals surface area contributed by atoms with Crippen LogP contribution in [0.1, 0.15) is 11.1 Å². The molecule has 4 nitrogen and oxygen atoms in total. The number of aryl methyl sites for hydroxylation is 2. The van der Waals surface area contributed by atoms with Crippen LogP contribution in [0.4, 0.5) is 5.82 Å². The normalized spacial score (nSPS) is 10.6. The van der Waals surface area contributed by atoms with Gasteiger partial charge in [0.1, 0.15) is 5.82 Å². The van der Waals surface area contributed by atoms with Gasteiger partial charge >= 0.3 is 0 Å². The van der Waals surface area contributed by atoms with Crippen molar-refractivity contribution in [2.45, 2.75) is 13.8 Å². The third-order valence-corrected chi connectivity index (χ3v) is 2.86. The molecular formula is C14H19N3O. The van der Waals surface area contributed by atoms with E-state index in [2.05, 4.69) is 47.6 Å². The van der Waals surface area contributed by atoms with Crippen molar-refractivity contribution in [1.29, 1.82) is 0 Å². The van der Waals surface area contributed by atoms with Crippen LogP contribution >= 0.6 is 0 Å². The first-order valence-electron chi connectivity index (χ1n) is 6.06.